The molecular formula is C17H16ClFN2O3S. The minimum absolute atomic E-state index is 0.0766. The molecule has 5 nitrogen and oxygen atoms in total. The Balaban J connectivity index is 1.73. The van der Waals surface area contributed by atoms with E-state index in [0.29, 0.717) is 26.2 Å². The maximum Gasteiger partial charge on any atom is 0.262 e. The third-order valence-corrected chi connectivity index (χ3v) is 5.52. The number of anilines is 1. The minimum Gasteiger partial charge on any atom is -0.368 e. The summed E-state index contributed by atoms with van der Waals surface area (Å²) in [6.45, 7) is 2.03. The molecule has 0 N–H and O–H groups in total. The van der Waals surface area contributed by atoms with E-state index < -0.39 is 9.05 Å². The Morgan fingerprint density at radius 3 is 2.16 bits per heavy atom. The third kappa shape index (κ3) is 3.93. The van der Waals surface area contributed by atoms with Crippen LogP contribution in [0.2, 0.25) is 0 Å². The van der Waals surface area contributed by atoms with E-state index in [1.165, 1.54) is 30.3 Å². The molecule has 1 heterocycles. The lowest BCUT2D eigenvalue weighted by Crippen LogP contribution is -2.49. The molecule has 0 unspecified atom stereocenters. The van der Waals surface area contributed by atoms with Gasteiger partial charge in [-0.3, -0.25) is 4.79 Å². The van der Waals surface area contributed by atoms with Gasteiger partial charge in [0.05, 0.1) is 10.5 Å². The molecule has 0 bridgehead atoms. The molecule has 0 aliphatic carbocycles. The second kappa shape index (κ2) is 7.01. The van der Waals surface area contributed by atoms with E-state index in [1.54, 1.807) is 23.1 Å². The Hall–Kier alpha value is -2.12. The van der Waals surface area contributed by atoms with Crippen molar-refractivity contribution in [1.29, 1.82) is 0 Å². The number of carbonyl (C=O) groups is 1. The van der Waals surface area contributed by atoms with E-state index in [2.05, 4.69) is 0 Å². The van der Waals surface area contributed by atoms with E-state index >= 15 is 0 Å². The van der Waals surface area contributed by atoms with Crippen LogP contribution >= 0.6 is 10.7 Å². The van der Waals surface area contributed by atoms with Crippen LogP contribution in [0, 0.1) is 5.82 Å². The lowest BCUT2D eigenvalue weighted by atomic mass is 10.1. The Labute approximate surface area is 150 Å². The van der Waals surface area contributed by atoms with E-state index in [-0.39, 0.29) is 22.2 Å². The van der Waals surface area contributed by atoms with Crippen molar-refractivity contribution >= 4 is 31.3 Å². The van der Waals surface area contributed by atoms with Crippen LogP contribution in [-0.4, -0.2) is 45.4 Å². The quantitative estimate of drug-likeness (QED) is 0.766. The fourth-order valence-corrected chi connectivity index (χ4v) is 3.91. The van der Waals surface area contributed by atoms with Gasteiger partial charge in [-0.25, -0.2) is 12.8 Å². The maximum atomic E-state index is 13.0. The van der Waals surface area contributed by atoms with Crippen molar-refractivity contribution in [2.75, 3.05) is 31.1 Å². The molecule has 25 heavy (non-hydrogen) atoms. The first kappa shape index (κ1) is 17.7. The number of rotatable bonds is 3. The van der Waals surface area contributed by atoms with Gasteiger partial charge < -0.3 is 9.80 Å². The molecule has 0 spiro atoms. The van der Waals surface area contributed by atoms with Crippen LogP contribution in [0.4, 0.5) is 10.1 Å². The molecule has 1 saturated heterocycles. The Kier molecular flexibility index (Phi) is 4.96. The van der Waals surface area contributed by atoms with Crippen molar-refractivity contribution in [3.05, 3.63) is 59.9 Å². The second-order valence-corrected chi connectivity index (χ2v) is 8.22. The van der Waals surface area contributed by atoms with Crippen LogP contribution in [0.25, 0.3) is 0 Å². The van der Waals surface area contributed by atoms with Crippen LogP contribution in [0.3, 0.4) is 0 Å². The van der Waals surface area contributed by atoms with E-state index in [4.69, 9.17) is 10.7 Å². The first-order valence-corrected chi connectivity index (χ1v) is 10.0. The summed E-state index contributed by atoms with van der Waals surface area (Å²) in [4.78, 5) is 16.2. The van der Waals surface area contributed by atoms with Gasteiger partial charge in [-0.2, -0.15) is 0 Å². The van der Waals surface area contributed by atoms with Crippen molar-refractivity contribution < 1.29 is 17.6 Å². The lowest BCUT2D eigenvalue weighted by molar-refractivity contribution is 0.0743. The molecule has 132 valence electrons. The Morgan fingerprint density at radius 2 is 1.56 bits per heavy atom. The van der Waals surface area contributed by atoms with Crippen LogP contribution in [0.1, 0.15) is 10.4 Å². The molecule has 0 saturated carbocycles. The molecule has 1 aliphatic rings. The fourth-order valence-electron chi connectivity index (χ4n) is 2.85. The molecule has 0 atom stereocenters. The van der Waals surface area contributed by atoms with Crippen LogP contribution in [-0.2, 0) is 9.05 Å². The molecule has 0 radical (unpaired) electrons. The van der Waals surface area contributed by atoms with Gasteiger partial charge in [0.15, 0.2) is 0 Å². The van der Waals surface area contributed by atoms with Crippen molar-refractivity contribution in [3.63, 3.8) is 0 Å². The molecule has 1 amide bonds. The maximum absolute atomic E-state index is 13.0. The topological polar surface area (TPSA) is 57.7 Å². The number of carbonyl (C=O) groups excluding carboxylic acids is 1. The molecule has 3 rings (SSSR count). The van der Waals surface area contributed by atoms with Crippen LogP contribution in [0.15, 0.2) is 53.4 Å². The molecule has 1 fully saturated rings. The number of benzene rings is 2. The summed E-state index contributed by atoms with van der Waals surface area (Å²) in [7, 11) is 1.43. The monoisotopic (exact) mass is 382 g/mol. The lowest BCUT2D eigenvalue weighted by Gasteiger charge is -2.36. The summed E-state index contributed by atoms with van der Waals surface area (Å²) in [6.07, 6.45) is 0. The predicted molar refractivity (Wildman–Crippen MR) is 94.0 cm³/mol. The van der Waals surface area contributed by atoms with E-state index in [9.17, 15) is 17.6 Å². The standard InChI is InChI=1S/C17H16ClFN2O3S/c18-25(23,24)16-4-2-1-3-15(16)17(22)21-11-9-20(10-12-21)14-7-5-13(19)6-8-14/h1-8H,9-12H2. The van der Waals surface area contributed by atoms with Gasteiger partial charge in [0.2, 0.25) is 0 Å². The number of piperazine rings is 1. The summed E-state index contributed by atoms with van der Waals surface area (Å²) in [5.41, 5.74) is 0.963. The molecule has 1 aliphatic heterocycles. The van der Waals surface area contributed by atoms with Crippen molar-refractivity contribution in [2.24, 2.45) is 0 Å². The van der Waals surface area contributed by atoms with Gasteiger partial charge in [-0.05, 0) is 36.4 Å². The van der Waals surface area contributed by atoms with Crippen molar-refractivity contribution in [1.82, 2.24) is 4.90 Å². The molecule has 2 aromatic rings. The predicted octanol–water partition coefficient (Wildman–Crippen LogP) is 2.72. The summed E-state index contributed by atoms with van der Waals surface area (Å²) in [5, 5.41) is 0. The Bertz CT molecular complexity index is 879. The third-order valence-electron chi connectivity index (χ3n) is 4.14. The van der Waals surface area contributed by atoms with Gasteiger partial charge in [-0.15, -0.1) is 0 Å². The molecule has 2 aromatic carbocycles. The van der Waals surface area contributed by atoms with Gasteiger partial charge in [-0.1, -0.05) is 12.1 Å². The zero-order valence-electron chi connectivity index (χ0n) is 13.2. The van der Waals surface area contributed by atoms with Crippen molar-refractivity contribution in [3.8, 4) is 0 Å². The second-order valence-electron chi connectivity index (χ2n) is 5.69. The number of hydrogen-bond acceptors (Lipinski definition) is 4. The first-order valence-electron chi connectivity index (χ1n) is 7.70. The van der Waals surface area contributed by atoms with Gasteiger partial charge in [0, 0.05) is 42.5 Å². The summed E-state index contributed by atoms with van der Waals surface area (Å²) in [5.74, 6) is -0.657. The largest absolute Gasteiger partial charge is 0.368 e. The van der Waals surface area contributed by atoms with Crippen LogP contribution < -0.4 is 4.90 Å². The highest BCUT2D eigenvalue weighted by Gasteiger charge is 2.26. The molecule has 0 aromatic heterocycles. The molecular weight excluding hydrogens is 367 g/mol. The number of nitrogens with zero attached hydrogens (tertiary/aromatic N) is 2. The minimum atomic E-state index is -4.00. The summed E-state index contributed by atoms with van der Waals surface area (Å²) >= 11 is 0. The SMILES string of the molecule is O=C(c1ccccc1S(=O)(=O)Cl)N1CCN(c2ccc(F)cc2)CC1. The number of hydrogen-bond donors (Lipinski definition) is 0. The van der Waals surface area contributed by atoms with Gasteiger partial charge in [0.1, 0.15) is 5.82 Å². The van der Waals surface area contributed by atoms with E-state index in [0.717, 1.165) is 5.69 Å². The average Bonchev–Trinajstić information content (AvgIpc) is 2.61. The van der Waals surface area contributed by atoms with Gasteiger partial charge in [0.25, 0.3) is 15.0 Å². The zero-order chi connectivity index (χ0) is 18.0. The fraction of sp³-hybridized carbons (Fsp3) is 0.235. The molecule has 8 heteroatoms. The first-order chi connectivity index (χ1) is 11.9. The number of amides is 1. The van der Waals surface area contributed by atoms with Crippen LogP contribution in [0.5, 0.6) is 0 Å². The summed E-state index contributed by atoms with van der Waals surface area (Å²) in [6, 6.07) is 12.1. The smallest absolute Gasteiger partial charge is 0.262 e. The van der Waals surface area contributed by atoms with E-state index in [1.807, 2.05) is 4.90 Å². The van der Waals surface area contributed by atoms with Crippen molar-refractivity contribution in [2.45, 2.75) is 4.90 Å². The summed E-state index contributed by atoms with van der Waals surface area (Å²) < 4.78 is 36.3. The normalized spacial score (nSPS) is 15.3. The highest BCUT2D eigenvalue weighted by molar-refractivity contribution is 8.13. The Morgan fingerprint density at radius 1 is 0.960 bits per heavy atom. The average molecular weight is 383 g/mol. The number of halogens is 2. The van der Waals surface area contributed by atoms with Gasteiger partial charge >= 0.3 is 0 Å². The highest BCUT2D eigenvalue weighted by Crippen LogP contribution is 2.23. The zero-order valence-corrected chi connectivity index (χ0v) is 14.8. The highest BCUT2D eigenvalue weighted by atomic mass is 35.7.